The van der Waals surface area contributed by atoms with Crippen LogP contribution in [0.25, 0.3) is 0 Å². The van der Waals surface area contributed by atoms with Gasteiger partial charge in [0.2, 0.25) is 5.82 Å². The molecule has 6 heteroatoms. The summed E-state index contributed by atoms with van der Waals surface area (Å²) in [5.74, 6) is -0.845. The van der Waals surface area contributed by atoms with Gasteiger partial charge < -0.3 is 14.4 Å². The van der Waals surface area contributed by atoms with Gasteiger partial charge in [-0.05, 0) is 13.8 Å². The highest BCUT2D eigenvalue weighted by atomic mass is 16.6. The van der Waals surface area contributed by atoms with Gasteiger partial charge >= 0.3 is 11.9 Å². The molecule has 0 unspecified atom stereocenters. The molecule has 0 aliphatic heterocycles. The molecule has 0 fully saturated rings. The largest absolute Gasteiger partial charge is 0.459 e. The van der Waals surface area contributed by atoms with E-state index in [-0.39, 0.29) is 18.3 Å². The molecular weight excluding hydrogens is 176 g/mol. The van der Waals surface area contributed by atoms with Crippen LogP contribution in [-0.2, 0) is 4.74 Å². The smallest absolute Gasteiger partial charge is 0.397 e. The highest BCUT2D eigenvalue weighted by Crippen LogP contribution is 2.07. The summed E-state index contributed by atoms with van der Waals surface area (Å²) in [5.41, 5.74) is 0. The van der Waals surface area contributed by atoms with Crippen LogP contribution in [-0.4, -0.2) is 27.8 Å². The summed E-state index contributed by atoms with van der Waals surface area (Å²) < 4.78 is 9.15. The molecule has 0 aromatic carbocycles. The zero-order valence-electron chi connectivity index (χ0n) is 7.35. The van der Waals surface area contributed by atoms with Crippen LogP contribution in [0, 0.1) is 0 Å². The van der Waals surface area contributed by atoms with Crippen molar-refractivity contribution in [1.29, 1.82) is 0 Å². The topological polar surface area (TPSA) is 85.5 Å². The normalized spacial score (nSPS) is 12.5. The van der Waals surface area contributed by atoms with E-state index in [0.717, 1.165) is 0 Å². The van der Waals surface area contributed by atoms with Gasteiger partial charge in [0.1, 0.15) is 6.10 Å². The SMILES string of the molecule is CCOC(=O)c1nc([C@H](C)O)no1. The molecule has 1 aromatic rings. The van der Waals surface area contributed by atoms with Crippen molar-refractivity contribution in [1.82, 2.24) is 10.1 Å². The van der Waals surface area contributed by atoms with Crippen LogP contribution in [0.2, 0.25) is 0 Å². The van der Waals surface area contributed by atoms with Crippen molar-refractivity contribution in [2.24, 2.45) is 0 Å². The molecule has 1 aromatic heterocycles. The lowest BCUT2D eigenvalue weighted by Gasteiger charge is -1.94. The van der Waals surface area contributed by atoms with Crippen LogP contribution in [0.1, 0.15) is 36.5 Å². The van der Waals surface area contributed by atoms with Gasteiger partial charge in [-0.25, -0.2) is 4.79 Å². The quantitative estimate of drug-likeness (QED) is 0.683. The van der Waals surface area contributed by atoms with E-state index in [1.165, 1.54) is 6.92 Å². The van der Waals surface area contributed by atoms with Gasteiger partial charge in [-0.2, -0.15) is 4.98 Å². The van der Waals surface area contributed by atoms with Crippen molar-refractivity contribution < 1.29 is 19.2 Å². The Hall–Kier alpha value is -1.43. The monoisotopic (exact) mass is 186 g/mol. The van der Waals surface area contributed by atoms with Crippen LogP contribution in [0.3, 0.4) is 0 Å². The fourth-order valence-corrected chi connectivity index (χ4v) is 0.680. The first-order valence-corrected chi connectivity index (χ1v) is 3.84. The van der Waals surface area contributed by atoms with Crippen molar-refractivity contribution in [2.75, 3.05) is 6.61 Å². The molecule has 0 bridgehead atoms. The molecule has 1 rings (SSSR count). The lowest BCUT2D eigenvalue weighted by molar-refractivity contribution is 0.0470. The summed E-state index contributed by atoms with van der Waals surface area (Å²) in [6, 6.07) is 0. The van der Waals surface area contributed by atoms with Crippen molar-refractivity contribution in [3.8, 4) is 0 Å². The molecule has 72 valence electrons. The van der Waals surface area contributed by atoms with Crippen molar-refractivity contribution in [3.05, 3.63) is 11.7 Å². The van der Waals surface area contributed by atoms with Crippen molar-refractivity contribution in [2.45, 2.75) is 20.0 Å². The Labute approximate surface area is 74.5 Å². The zero-order chi connectivity index (χ0) is 9.84. The van der Waals surface area contributed by atoms with Gasteiger partial charge in [-0.3, -0.25) is 0 Å². The number of carbonyl (C=O) groups is 1. The van der Waals surface area contributed by atoms with E-state index in [0.29, 0.717) is 0 Å². The van der Waals surface area contributed by atoms with Gasteiger partial charge in [0.05, 0.1) is 6.61 Å². The van der Waals surface area contributed by atoms with Gasteiger partial charge in [0.15, 0.2) is 0 Å². The highest BCUT2D eigenvalue weighted by molar-refractivity contribution is 5.83. The Balaban J connectivity index is 2.73. The first-order valence-electron chi connectivity index (χ1n) is 3.84. The maximum absolute atomic E-state index is 11.0. The number of nitrogens with zero attached hydrogens (tertiary/aromatic N) is 2. The summed E-state index contributed by atoms with van der Waals surface area (Å²) in [7, 11) is 0. The minimum absolute atomic E-state index is 0.0723. The first kappa shape index (κ1) is 9.66. The Morgan fingerprint density at radius 3 is 2.92 bits per heavy atom. The molecule has 1 heterocycles. The highest BCUT2D eigenvalue weighted by Gasteiger charge is 2.17. The fraction of sp³-hybridized carbons (Fsp3) is 0.571. The number of rotatable bonds is 3. The third-order valence-corrected chi connectivity index (χ3v) is 1.27. The maximum Gasteiger partial charge on any atom is 0.397 e. The summed E-state index contributed by atoms with van der Waals surface area (Å²) >= 11 is 0. The van der Waals surface area contributed by atoms with Gasteiger partial charge in [0, 0.05) is 0 Å². The second-order valence-corrected chi connectivity index (χ2v) is 2.35. The predicted molar refractivity (Wildman–Crippen MR) is 40.9 cm³/mol. The first-order chi connectivity index (χ1) is 6.15. The van der Waals surface area contributed by atoms with Gasteiger partial charge in [-0.15, -0.1) is 0 Å². The minimum atomic E-state index is -0.855. The van der Waals surface area contributed by atoms with E-state index < -0.39 is 12.1 Å². The molecule has 6 nitrogen and oxygen atoms in total. The van der Waals surface area contributed by atoms with Crippen LogP contribution >= 0.6 is 0 Å². The average Bonchev–Trinajstić information content (AvgIpc) is 2.52. The summed E-state index contributed by atoms with van der Waals surface area (Å²) in [6.07, 6.45) is -0.855. The molecule has 0 radical (unpaired) electrons. The van der Waals surface area contributed by atoms with E-state index in [4.69, 9.17) is 5.11 Å². The number of hydrogen-bond donors (Lipinski definition) is 1. The second-order valence-electron chi connectivity index (χ2n) is 2.35. The Morgan fingerprint density at radius 1 is 1.77 bits per heavy atom. The molecule has 0 aliphatic carbocycles. The van der Waals surface area contributed by atoms with E-state index in [9.17, 15) is 4.79 Å². The molecule has 13 heavy (non-hydrogen) atoms. The molecule has 0 saturated heterocycles. The van der Waals surface area contributed by atoms with Gasteiger partial charge in [0.25, 0.3) is 0 Å². The molecule has 0 saturated carbocycles. The second kappa shape index (κ2) is 3.99. The average molecular weight is 186 g/mol. The number of ether oxygens (including phenoxy) is 1. The van der Waals surface area contributed by atoms with Crippen molar-refractivity contribution >= 4 is 5.97 Å². The third-order valence-electron chi connectivity index (χ3n) is 1.27. The lowest BCUT2D eigenvalue weighted by Crippen LogP contribution is -2.05. The number of aromatic nitrogens is 2. The number of aliphatic hydroxyl groups is 1. The zero-order valence-corrected chi connectivity index (χ0v) is 7.35. The van der Waals surface area contributed by atoms with Crippen LogP contribution in [0.4, 0.5) is 0 Å². The number of hydrogen-bond acceptors (Lipinski definition) is 6. The van der Waals surface area contributed by atoms with Crippen LogP contribution in [0.5, 0.6) is 0 Å². The Bertz CT molecular complexity index is 294. The molecule has 0 spiro atoms. The maximum atomic E-state index is 11.0. The summed E-state index contributed by atoms with van der Waals surface area (Å²) in [4.78, 5) is 14.6. The van der Waals surface area contributed by atoms with E-state index in [1.807, 2.05) is 0 Å². The van der Waals surface area contributed by atoms with E-state index in [1.54, 1.807) is 6.92 Å². The van der Waals surface area contributed by atoms with E-state index in [2.05, 4.69) is 19.4 Å². The van der Waals surface area contributed by atoms with Crippen molar-refractivity contribution in [3.63, 3.8) is 0 Å². The Kier molecular flexibility index (Phi) is 2.97. The Morgan fingerprint density at radius 2 is 2.46 bits per heavy atom. The minimum Gasteiger partial charge on any atom is -0.459 e. The van der Waals surface area contributed by atoms with Crippen LogP contribution < -0.4 is 0 Å². The molecular formula is C7H10N2O4. The summed E-state index contributed by atoms with van der Waals surface area (Å²) in [5, 5.41) is 12.4. The molecule has 1 atom stereocenters. The van der Waals surface area contributed by atoms with Gasteiger partial charge in [-0.1, -0.05) is 5.16 Å². The lowest BCUT2D eigenvalue weighted by atomic mass is 10.4. The summed E-state index contributed by atoms with van der Waals surface area (Å²) in [6.45, 7) is 3.38. The molecule has 1 N–H and O–H groups in total. The predicted octanol–water partition coefficient (Wildman–Crippen LogP) is 0.300. The molecule has 0 aliphatic rings. The third kappa shape index (κ3) is 2.25. The van der Waals surface area contributed by atoms with E-state index >= 15 is 0 Å². The standard InChI is InChI=1S/C7H10N2O4/c1-3-12-7(11)6-8-5(4(2)10)9-13-6/h4,10H,3H2,1-2H3/t4-/m0/s1. The van der Waals surface area contributed by atoms with Crippen LogP contribution in [0.15, 0.2) is 4.52 Å². The number of carbonyl (C=O) groups excluding carboxylic acids is 1. The fourth-order valence-electron chi connectivity index (χ4n) is 0.680. The molecule has 0 amide bonds. The number of esters is 1. The number of aliphatic hydroxyl groups excluding tert-OH is 1.